The van der Waals surface area contributed by atoms with Crippen LogP contribution in [0, 0.1) is 5.92 Å². The van der Waals surface area contributed by atoms with Crippen molar-refractivity contribution in [2.24, 2.45) is 5.92 Å². The molecule has 5 heteroatoms. The van der Waals surface area contributed by atoms with E-state index < -0.39 is 0 Å². The second-order valence-electron chi connectivity index (χ2n) is 5.98. The van der Waals surface area contributed by atoms with Gasteiger partial charge in [-0.25, -0.2) is 0 Å². The zero-order chi connectivity index (χ0) is 16.8. The monoisotopic (exact) mass is 326 g/mol. The van der Waals surface area contributed by atoms with Crippen molar-refractivity contribution in [1.29, 1.82) is 0 Å². The summed E-state index contributed by atoms with van der Waals surface area (Å²) in [6.07, 6.45) is 7.70. The van der Waals surface area contributed by atoms with Crippen molar-refractivity contribution in [2.75, 3.05) is 12.4 Å². The smallest absolute Gasteiger partial charge is 0.227 e. The minimum Gasteiger partial charge on any atom is -0.493 e. The lowest BCUT2D eigenvalue weighted by Crippen LogP contribution is -2.20. The van der Waals surface area contributed by atoms with E-state index in [1.165, 1.54) is 0 Å². The molecule has 1 heterocycles. The molecule has 2 aromatic rings. The molecule has 126 valence electrons. The largest absolute Gasteiger partial charge is 0.493 e. The molecular formula is C19H22N2O3. The summed E-state index contributed by atoms with van der Waals surface area (Å²) in [7, 11) is 1.60. The fraction of sp³-hybridized carbons (Fsp3) is 0.368. The van der Waals surface area contributed by atoms with E-state index >= 15 is 0 Å². The van der Waals surface area contributed by atoms with Crippen molar-refractivity contribution in [3.63, 3.8) is 0 Å². The van der Waals surface area contributed by atoms with E-state index in [1.54, 1.807) is 19.5 Å². The number of amides is 1. The number of hydrogen-bond acceptors (Lipinski definition) is 4. The van der Waals surface area contributed by atoms with E-state index in [0.717, 1.165) is 36.9 Å². The molecule has 1 aromatic heterocycles. The molecule has 1 amide bonds. The molecule has 24 heavy (non-hydrogen) atoms. The van der Waals surface area contributed by atoms with E-state index in [1.807, 2.05) is 30.3 Å². The lowest BCUT2D eigenvalue weighted by Gasteiger charge is -2.14. The summed E-state index contributed by atoms with van der Waals surface area (Å²) in [5, 5.41) is 2.99. The number of anilines is 1. The Labute approximate surface area is 142 Å². The maximum Gasteiger partial charge on any atom is 0.227 e. The molecule has 0 radical (unpaired) electrons. The van der Waals surface area contributed by atoms with Gasteiger partial charge in [0.15, 0.2) is 11.5 Å². The van der Waals surface area contributed by atoms with Gasteiger partial charge >= 0.3 is 0 Å². The normalized spacial score (nSPS) is 14.4. The van der Waals surface area contributed by atoms with Crippen LogP contribution < -0.4 is 14.8 Å². The van der Waals surface area contributed by atoms with Crippen LogP contribution in [0.25, 0.3) is 0 Å². The Hall–Kier alpha value is -2.56. The molecule has 0 spiro atoms. The van der Waals surface area contributed by atoms with Crippen LogP contribution >= 0.6 is 0 Å². The Morgan fingerprint density at radius 2 is 1.92 bits per heavy atom. The third kappa shape index (κ3) is 4.04. The highest BCUT2D eigenvalue weighted by atomic mass is 16.5. The summed E-state index contributed by atoms with van der Waals surface area (Å²) in [5.41, 5.74) is 1.75. The van der Waals surface area contributed by atoms with Crippen LogP contribution in [-0.2, 0) is 11.4 Å². The van der Waals surface area contributed by atoms with Crippen LogP contribution in [0.4, 0.5) is 5.69 Å². The Morgan fingerprint density at radius 3 is 2.62 bits per heavy atom. The predicted octanol–water partition coefficient (Wildman–Crippen LogP) is 3.80. The van der Waals surface area contributed by atoms with E-state index in [2.05, 4.69) is 10.3 Å². The highest BCUT2D eigenvalue weighted by Gasteiger charge is 2.22. The first-order chi connectivity index (χ1) is 11.8. The fourth-order valence-electron chi connectivity index (χ4n) is 2.94. The summed E-state index contributed by atoms with van der Waals surface area (Å²) in [4.78, 5) is 16.3. The zero-order valence-electron chi connectivity index (χ0n) is 13.8. The van der Waals surface area contributed by atoms with E-state index in [9.17, 15) is 4.79 Å². The maximum absolute atomic E-state index is 12.3. The second-order valence-corrected chi connectivity index (χ2v) is 5.98. The van der Waals surface area contributed by atoms with E-state index in [0.29, 0.717) is 18.1 Å². The summed E-state index contributed by atoms with van der Waals surface area (Å²) in [6, 6.07) is 9.26. The predicted molar refractivity (Wildman–Crippen MR) is 92.2 cm³/mol. The molecule has 1 fully saturated rings. The number of hydrogen-bond donors (Lipinski definition) is 1. The third-order valence-electron chi connectivity index (χ3n) is 4.30. The molecule has 0 aliphatic heterocycles. The number of nitrogens with zero attached hydrogens (tertiary/aromatic N) is 1. The van der Waals surface area contributed by atoms with Gasteiger partial charge in [-0.05, 0) is 42.7 Å². The molecule has 0 saturated heterocycles. The van der Waals surface area contributed by atoms with Crippen LogP contribution in [0.5, 0.6) is 11.5 Å². The molecule has 1 aromatic carbocycles. The van der Waals surface area contributed by atoms with Crippen LogP contribution in [0.2, 0.25) is 0 Å². The van der Waals surface area contributed by atoms with Gasteiger partial charge in [-0.15, -0.1) is 0 Å². The topological polar surface area (TPSA) is 60.5 Å². The van der Waals surface area contributed by atoms with Crippen molar-refractivity contribution < 1.29 is 14.3 Å². The van der Waals surface area contributed by atoms with Crippen molar-refractivity contribution >= 4 is 11.6 Å². The maximum atomic E-state index is 12.3. The van der Waals surface area contributed by atoms with Gasteiger partial charge in [0.05, 0.1) is 7.11 Å². The first kappa shape index (κ1) is 16.3. The van der Waals surface area contributed by atoms with Gasteiger partial charge in [-0.2, -0.15) is 0 Å². The summed E-state index contributed by atoms with van der Waals surface area (Å²) in [6.45, 7) is 0.416. The number of ether oxygens (including phenoxy) is 2. The summed E-state index contributed by atoms with van der Waals surface area (Å²) < 4.78 is 11.2. The van der Waals surface area contributed by atoms with Crippen LogP contribution in [0.15, 0.2) is 42.7 Å². The number of rotatable bonds is 6. The van der Waals surface area contributed by atoms with Gasteiger partial charge in [0.1, 0.15) is 6.61 Å². The average Bonchev–Trinajstić information content (AvgIpc) is 3.16. The molecule has 1 aliphatic carbocycles. The quantitative estimate of drug-likeness (QED) is 0.877. The van der Waals surface area contributed by atoms with Gasteiger partial charge in [0.2, 0.25) is 5.91 Å². The van der Waals surface area contributed by atoms with E-state index in [4.69, 9.17) is 9.47 Å². The number of carbonyl (C=O) groups is 1. The standard InChI is InChI=1S/C19H22N2O3/c1-23-17-7-6-16(21-19(22)15-4-2-3-5-15)12-18(17)24-13-14-8-10-20-11-9-14/h6-12,15H,2-5,13H2,1H3,(H,21,22). The molecule has 3 rings (SSSR count). The number of methoxy groups -OCH3 is 1. The minimum atomic E-state index is 0.0951. The van der Waals surface area contributed by atoms with Crippen LogP contribution in [0.3, 0.4) is 0 Å². The first-order valence-corrected chi connectivity index (χ1v) is 8.27. The van der Waals surface area contributed by atoms with Crippen LogP contribution in [-0.4, -0.2) is 18.0 Å². The molecule has 0 unspecified atom stereocenters. The van der Waals surface area contributed by atoms with E-state index in [-0.39, 0.29) is 11.8 Å². The summed E-state index contributed by atoms with van der Waals surface area (Å²) in [5.74, 6) is 1.48. The number of benzene rings is 1. The lowest BCUT2D eigenvalue weighted by molar-refractivity contribution is -0.119. The van der Waals surface area contributed by atoms with Crippen molar-refractivity contribution in [2.45, 2.75) is 32.3 Å². The third-order valence-corrected chi connectivity index (χ3v) is 4.30. The molecule has 1 saturated carbocycles. The average molecular weight is 326 g/mol. The van der Waals surface area contributed by atoms with Gasteiger partial charge in [0, 0.05) is 30.1 Å². The highest BCUT2D eigenvalue weighted by Crippen LogP contribution is 2.32. The van der Waals surface area contributed by atoms with Crippen LogP contribution in [0.1, 0.15) is 31.2 Å². The molecular weight excluding hydrogens is 304 g/mol. The van der Waals surface area contributed by atoms with Crippen molar-refractivity contribution in [1.82, 2.24) is 4.98 Å². The number of nitrogens with one attached hydrogen (secondary N) is 1. The lowest BCUT2D eigenvalue weighted by atomic mass is 10.1. The Kier molecular flexibility index (Phi) is 5.31. The van der Waals surface area contributed by atoms with Crippen molar-refractivity contribution in [3.05, 3.63) is 48.3 Å². The Morgan fingerprint density at radius 1 is 1.17 bits per heavy atom. The van der Waals surface area contributed by atoms with Gasteiger partial charge < -0.3 is 14.8 Å². The van der Waals surface area contributed by atoms with Crippen molar-refractivity contribution in [3.8, 4) is 11.5 Å². The minimum absolute atomic E-state index is 0.0951. The summed E-state index contributed by atoms with van der Waals surface area (Å²) >= 11 is 0. The molecule has 1 aliphatic rings. The first-order valence-electron chi connectivity index (χ1n) is 8.27. The molecule has 1 N–H and O–H groups in total. The Bertz CT molecular complexity index is 682. The number of carbonyl (C=O) groups excluding carboxylic acids is 1. The van der Waals surface area contributed by atoms with Gasteiger partial charge in [-0.3, -0.25) is 9.78 Å². The second kappa shape index (κ2) is 7.81. The fourth-order valence-corrected chi connectivity index (χ4v) is 2.94. The number of aromatic nitrogens is 1. The zero-order valence-corrected chi connectivity index (χ0v) is 13.8. The number of pyridine rings is 1. The molecule has 0 bridgehead atoms. The van der Waals surface area contributed by atoms with Gasteiger partial charge in [-0.1, -0.05) is 12.8 Å². The van der Waals surface area contributed by atoms with Gasteiger partial charge in [0.25, 0.3) is 0 Å². The SMILES string of the molecule is COc1ccc(NC(=O)C2CCCC2)cc1OCc1ccncc1. The highest BCUT2D eigenvalue weighted by molar-refractivity contribution is 5.93. The molecule has 0 atom stereocenters. The Balaban J connectivity index is 1.69. The molecule has 5 nitrogen and oxygen atoms in total.